The standard InChI is InChI=1S/C14H21NO4/c1-4-14(2,7-8-16)15-13(18)10-5-6-12(19-3)11(17)9-10/h5-6,9,16-17H,4,7-8H2,1-3H3,(H,15,18). The lowest BCUT2D eigenvalue weighted by molar-refractivity contribution is 0.0885. The summed E-state index contributed by atoms with van der Waals surface area (Å²) in [5, 5.41) is 21.5. The quantitative estimate of drug-likeness (QED) is 0.732. The van der Waals surface area contributed by atoms with Crippen molar-refractivity contribution in [3.63, 3.8) is 0 Å². The van der Waals surface area contributed by atoms with E-state index >= 15 is 0 Å². The molecule has 106 valence electrons. The van der Waals surface area contributed by atoms with Crippen LogP contribution in [-0.2, 0) is 0 Å². The molecule has 0 fully saturated rings. The zero-order valence-electron chi connectivity index (χ0n) is 11.6. The molecule has 0 heterocycles. The van der Waals surface area contributed by atoms with Crippen LogP contribution in [-0.4, -0.2) is 35.4 Å². The smallest absolute Gasteiger partial charge is 0.251 e. The topological polar surface area (TPSA) is 78.8 Å². The SMILES string of the molecule is CCC(C)(CCO)NC(=O)c1ccc(OC)c(O)c1. The van der Waals surface area contributed by atoms with E-state index in [9.17, 15) is 9.90 Å². The first-order chi connectivity index (χ1) is 8.95. The molecule has 0 radical (unpaired) electrons. The Kier molecular flexibility index (Phi) is 5.18. The maximum Gasteiger partial charge on any atom is 0.251 e. The van der Waals surface area contributed by atoms with Gasteiger partial charge in [-0.15, -0.1) is 0 Å². The number of carbonyl (C=O) groups is 1. The van der Waals surface area contributed by atoms with Gasteiger partial charge in [0.05, 0.1) is 7.11 Å². The maximum absolute atomic E-state index is 12.1. The van der Waals surface area contributed by atoms with Crippen LogP contribution >= 0.6 is 0 Å². The molecular formula is C14H21NO4. The molecule has 5 nitrogen and oxygen atoms in total. The summed E-state index contributed by atoms with van der Waals surface area (Å²) in [6.07, 6.45) is 1.19. The number of phenols is 1. The van der Waals surface area contributed by atoms with E-state index in [4.69, 9.17) is 9.84 Å². The number of aromatic hydroxyl groups is 1. The molecule has 1 unspecified atom stereocenters. The zero-order valence-corrected chi connectivity index (χ0v) is 11.6. The molecule has 3 N–H and O–H groups in total. The highest BCUT2D eigenvalue weighted by atomic mass is 16.5. The Bertz CT molecular complexity index is 447. The van der Waals surface area contributed by atoms with Gasteiger partial charge in [0.25, 0.3) is 5.91 Å². The summed E-state index contributed by atoms with van der Waals surface area (Å²) in [5.74, 6) is -0.0311. The summed E-state index contributed by atoms with van der Waals surface area (Å²) < 4.78 is 4.93. The van der Waals surface area contributed by atoms with Crippen LogP contribution in [0.5, 0.6) is 11.5 Å². The van der Waals surface area contributed by atoms with Crippen molar-refractivity contribution >= 4 is 5.91 Å². The largest absolute Gasteiger partial charge is 0.504 e. The van der Waals surface area contributed by atoms with Crippen LogP contribution in [0.15, 0.2) is 18.2 Å². The van der Waals surface area contributed by atoms with Crippen molar-refractivity contribution in [2.75, 3.05) is 13.7 Å². The number of phenolic OH excluding ortho intramolecular Hbond substituents is 1. The molecule has 1 aromatic rings. The van der Waals surface area contributed by atoms with Crippen molar-refractivity contribution in [2.24, 2.45) is 0 Å². The van der Waals surface area contributed by atoms with Gasteiger partial charge >= 0.3 is 0 Å². The van der Waals surface area contributed by atoms with Gasteiger partial charge in [-0.2, -0.15) is 0 Å². The Labute approximate surface area is 113 Å². The summed E-state index contributed by atoms with van der Waals surface area (Å²) in [6.45, 7) is 3.84. The molecule has 0 aliphatic heterocycles. The van der Waals surface area contributed by atoms with Crippen molar-refractivity contribution in [3.8, 4) is 11.5 Å². The van der Waals surface area contributed by atoms with Crippen LogP contribution < -0.4 is 10.1 Å². The van der Waals surface area contributed by atoms with Crippen molar-refractivity contribution in [2.45, 2.75) is 32.2 Å². The van der Waals surface area contributed by atoms with Gasteiger partial charge in [0.1, 0.15) is 0 Å². The number of ether oxygens (including phenoxy) is 1. The van der Waals surface area contributed by atoms with Gasteiger partial charge in [-0.25, -0.2) is 0 Å². The van der Waals surface area contributed by atoms with Crippen molar-refractivity contribution in [3.05, 3.63) is 23.8 Å². The molecule has 1 atom stereocenters. The van der Waals surface area contributed by atoms with Crippen molar-refractivity contribution in [1.29, 1.82) is 0 Å². The molecule has 0 aliphatic carbocycles. The summed E-state index contributed by atoms with van der Waals surface area (Å²) in [6, 6.07) is 4.49. The third kappa shape index (κ3) is 3.86. The lowest BCUT2D eigenvalue weighted by Crippen LogP contribution is -2.46. The minimum absolute atomic E-state index is 0.0124. The maximum atomic E-state index is 12.1. The number of aliphatic hydroxyl groups excluding tert-OH is 1. The number of hydrogen-bond donors (Lipinski definition) is 3. The van der Waals surface area contributed by atoms with Crippen LogP contribution in [0.4, 0.5) is 0 Å². The van der Waals surface area contributed by atoms with E-state index in [-0.39, 0.29) is 18.3 Å². The number of methoxy groups -OCH3 is 1. The van der Waals surface area contributed by atoms with Gasteiger partial charge in [-0.1, -0.05) is 6.92 Å². The van der Waals surface area contributed by atoms with Crippen LogP contribution in [0.3, 0.4) is 0 Å². The van der Waals surface area contributed by atoms with E-state index in [0.29, 0.717) is 24.2 Å². The van der Waals surface area contributed by atoms with Gasteiger partial charge in [-0.05, 0) is 38.0 Å². The average molecular weight is 267 g/mol. The molecule has 5 heteroatoms. The Hall–Kier alpha value is -1.75. The second-order valence-electron chi connectivity index (χ2n) is 4.73. The normalized spacial score (nSPS) is 13.7. The Morgan fingerprint density at radius 1 is 1.47 bits per heavy atom. The zero-order chi connectivity index (χ0) is 14.5. The molecule has 0 saturated carbocycles. The number of nitrogens with one attached hydrogen (secondary N) is 1. The van der Waals surface area contributed by atoms with E-state index in [0.717, 1.165) is 0 Å². The fraction of sp³-hybridized carbons (Fsp3) is 0.500. The van der Waals surface area contributed by atoms with Crippen LogP contribution in [0.25, 0.3) is 0 Å². The van der Waals surface area contributed by atoms with E-state index in [2.05, 4.69) is 5.32 Å². The first-order valence-corrected chi connectivity index (χ1v) is 6.26. The van der Waals surface area contributed by atoms with Crippen LogP contribution in [0, 0.1) is 0 Å². The second kappa shape index (κ2) is 6.43. The molecule has 1 amide bonds. The van der Waals surface area contributed by atoms with Gasteiger partial charge in [0.15, 0.2) is 11.5 Å². The Morgan fingerprint density at radius 2 is 2.16 bits per heavy atom. The van der Waals surface area contributed by atoms with E-state index in [1.807, 2.05) is 13.8 Å². The van der Waals surface area contributed by atoms with E-state index < -0.39 is 5.54 Å². The highest BCUT2D eigenvalue weighted by Gasteiger charge is 2.24. The molecule has 0 spiro atoms. The highest BCUT2D eigenvalue weighted by molar-refractivity contribution is 5.95. The number of rotatable bonds is 6. The lowest BCUT2D eigenvalue weighted by Gasteiger charge is -2.29. The third-order valence-corrected chi connectivity index (χ3v) is 3.30. The van der Waals surface area contributed by atoms with Crippen LogP contribution in [0.1, 0.15) is 37.0 Å². The summed E-state index contributed by atoms with van der Waals surface area (Å²) in [5.41, 5.74) is -0.0996. The van der Waals surface area contributed by atoms with Crippen molar-refractivity contribution < 1.29 is 19.7 Å². The van der Waals surface area contributed by atoms with Crippen molar-refractivity contribution in [1.82, 2.24) is 5.32 Å². The predicted molar refractivity (Wildman–Crippen MR) is 72.5 cm³/mol. The first kappa shape index (κ1) is 15.3. The van der Waals surface area contributed by atoms with Gasteiger partial charge in [0, 0.05) is 17.7 Å². The van der Waals surface area contributed by atoms with Gasteiger partial charge < -0.3 is 20.3 Å². The summed E-state index contributed by atoms with van der Waals surface area (Å²) >= 11 is 0. The van der Waals surface area contributed by atoms with E-state index in [1.54, 1.807) is 12.1 Å². The first-order valence-electron chi connectivity index (χ1n) is 6.26. The number of carbonyl (C=O) groups excluding carboxylic acids is 1. The molecule has 19 heavy (non-hydrogen) atoms. The number of aliphatic hydroxyl groups is 1. The lowest BCUT2D eigenvalue weighted by atomic mass is 9.94. The third-order valence-electron chi connectivity index (χ3n) is 3.30. The van der Waals surface area contributed by atoms with E-state index in [1.165, 1.54) is 13.2 Å². The fourth-order valence-electron chi connectivity index (χ4n) is 1.75. The molecule has 1 rings (SSSR count). The van der Waals surface area contributed by atoms with Crippen LogP contribution in [0.2, 0.25) is 0 Å². The minimum atomic E-state index is -0.457. The summed E-state index contributed by atoms with van der Waals surface area (Å²) in [7, 11) is 1.45. The monoisotopic (exact) mass is 267 g/mol. The molecule has 1 aromatic carbocycles. The molecule has 0 saturated heterocycles. The number of benzene rings is 1. The summed E-state index contributed by atoms with van der Waals surface area (Å²) in [4.78, 5) is 12.1. The van der Waals surface area contributed by atoms with Gasteiger partial charge in [-0.3, -0.25) is 4.79 Å². The molecule has 0 aliphatic rings. The Balaban J connectivity index is 2.86. The fourth-order valence-corrected chi connectivity index (χ4v) is 1.75. The number of amides is 1. The molecule has 0 bridgehead atoms. The molecule has 0 aromatic heterocycles. The molecular weight excluding hydrogens is 246 g/mol. The highest BCUT2D eigenvalue weighted by Crippen LogP contribution is 2.26. The predicted octanol–water partition coefficient (Wildman–Crippen LogP) is 1.68. The number of hydrogen-bond acceptors (Lipinski definition) is 4. The average Bonchev–Trinajstić information content (AvgIpc) is 2.38. The second-order valence-corrected chi connectivity index (χ2v) is 4.73. The Morgan fingerprint density at radius 3 is 2.63 bits per heavy atom. The van der Waals surface area contributed by atoms with Gasteiger partial charge in [0.2, 0.25) is 0 Å². The minimum Gasteiger partial charge on any atom is -0.504 e.